The molecule has 0 unspecified atom stereocenters. The zero-order valence-electron chi connectivity index (χ0n) is 21.8. The molecule has 0 aliphatic carbocycles. The summed E-state index contributed by atoms with van der Waals surface area (Å²) in [5.74, 6) is 0.246. The molecule has 0 saturated heterocycles. The molecule has 33 heavy (non-hydrogen) atoms. The van der Waals surface area contributed by atoms with Crippen LogP contribution in [0.2, 0.25) is 0 Å². The van der Waals surface area contributed by atoms with Gasteiger partial charge < -0.3 is 15.2 Å². The van der Waals surface area contributed by atoms with Crippen molar-refractivity contribution in [2.45, 2.75) is 122 Å². The van der Waals surface area contributed by atoms with Crippen LogP contribution in [0, 0.1) is 0 Å². The van der Waals surface area contributed by atoms with Crippen LogP contribution in [0.4, 0.5) is 0 Å². The summed E-state index contributed by atoms with van der Waals surface area (Å²) >= 11 is 0. The average molecular weight is 493 g/mol. The van der Waals surface area contributed by atoms with E-state index in [4.69, 9.17) is 15.2 Å². The van der Waals surface area contributed by atoms with Crippen LogP contribution < -0.4 is 10.5 Å². The third kappa shape index (κ3) is 27.9. The third-order valence-corrected chi connectivity index (χ3v) is 7.34. The van der Waals surface area contributed by atoms with E-state index >= 15 is 0 Å². The van der Waals surface area contributed by atoms with Gasteiger partial charge in [0.15, 0.2) is 0 Å². The third-order valence-electron chi connectivity index (χ3n) is 5.87. The van der Waals surface area contributed by atoms with Gasteiger partial charge in [-0.25, -0.2) is 13.1 Å². The molecule has 200 valence electrons. The summed E-state index contributed by atoms with van der Waals surface area (Å²) in [4.78, 5) is 0. The van der Waals surface area contributed by atoms with Crippen molar-refractivity contribution in [2.24, 2.45) is 5.73 Å². The molecule has 7 heteroatoms. The van der Waals surface area contributed by atoms with Crippen LogP contribution in [-0.2, 0) is 19.5 Å². The molecule has 0 aliphatic heterocycles. The van der Waals surface area contributed by atoms with E-state index in [0.29, 0.717) is 32.7 Å². The minimum atomic E-state index is -3.14. The van der Waals surface area contributed by atoms with E-state index in [1.54, 1.807) is 0 Å². The van der Waals surface area contributed by atoms with E-state index in [2.05, 4.69) is 11.6 Å². The van der Waals surface area contributed by atoms with E-state index in [0.717, 1.165) is 51.7 Å². The average Bonchev–Trinajstić information content (AvgIpc) is 2.80. The molecule has 0 aromatic heterocycles. The predicted molar refractivity (Wildman–Crippen MR) is 141 cm³/mol. The Morgan fingerprint density at radius 3 is 1.48 bits per heavy atom. The van der Waals surface area contributed by atoms with Gasteiger partial charge >= 0.3 is 0 Å². The lowest BCUT2D eigenvalue weighted by molar-refractivity contribution is 0.102. The van der Waals surface area contributed by atoms with E-state index in [-0.39, 0.29) is 5.75 Å². The Hall–Kier alpha value is -0.210. The number of sulfonamides is 1. The van der Waals surface area contributed by atoms with Gasteiger partial charge in [0.1, 0.15) is 0 Å². The Morgan fingerprint density at radius 2 is 1.00 bits per heavy atom. The van der Waals surface area contributed by atoms with Crippen LogP contribution in [0.5, 0.6) is 0 Å². The monoisotopic (exact) mass is 492 g/mol. The lowest BCUT2D eigenvalue weighted by Gasteiger charge is -2.08. The molecule has 6 nitrogen and oxygen atoms in total. The van der Waals surface area contributed by atoms with Crippen molar-refractivity contribution in [2.75, 3.05) is 45.3 Å². The first kappa shape index (κ1) is 32.8. The molecule has 0 saturated carbocycles. The highest BCUT2D eigenvalue weighted by atomic mass is 32.2. The summed E-state index contributed by atoms with van der Waals surface area (Å²) in [6.45, 7) is 6.18. The molecule has 0 rings (SSSR count). The number of nitrogens with one attached hydrogen (secondary N) is 1. The molecular weight excluding hydrogens is 436 g/mol. The molecule has 0 aromatic rings. The lowest BCUT2D eigenvalue weighted by Crippen LogP contribution is -2.28. The van der Waals surface area contributed by atoms with E-state index in [1.165, 1.54) is 70.6 Å². The van der Waals surface area contributed by atoms with Gasteiger partial charge in [-0.2, -0.15) is 0 Å². The van der Waals surface area contributed by atoms with Gasteiger partial charge in [0, 0.05) is 33.0 Å². The first-order valence-electron chi connectivity index (χ1n) is 13.9. The topological polar surface area (TPSA) is 90.7 Å². The highest BCUT2D eigenvalue weighted by Crippen LogP contribution is 2.13. The smallest absolute Gasteiger partial charge is 0.211 e. The summed E-state index contributed by atoms with van der Waals surface area (Å²) in [5.41, 5.74) is 5.41. The van der Waals surface area contributed by atoms with E-state index < -0.39 is 10.0 Å². The Labute approximate surface area is 206 Å². The molecule has 3 N–H and O–H groups in total. The van der Waals surface area contributed by atoms with Crippen molar-refractivity contribution in [3.8, 4) is 0 Å². The SMILES string of the molecule is CCCCCCCCCCCCCCCCS(=O)(=O)NCCCOCCCCOCCCN. The van der Waals surface area contributed by atoms with Crippen molar-refractivity contribution >= 4 is 10.0 Å². The van der Waals surface area contributed by atoms with Crippen LogP contribution in [0.3, 0.4) is 0 Å². The minimum absolute atomic E-state index is 0.246. The van der Waals surface area contributed by atoms with Crippen molar-refractivity contribution < 1.29 is 17.9 Å². The van der Waals surface area contributed by atoms with Gasteiger partial charge in [0.25, 0.3) is 0 Å². The highest BCUT2D eigenvalue weighted by molar-refractivity contribution is 7.89. The van der Waals surface area contributed by atoms with Crippen molar-refractivity contribution in [1.82, 2.24) is 4.72 Å². The summed E-state index contributed by atoms with van der Waals surface area (Å²) < 4.78 is 37.8. The van der Waals surface area contributed by atoms with Crippen LogP contribution in [0.1, 0.15) is 122 Å². The van der Waals surface area contributed by atoms with Crippen molar-refractivity contribution in [1.29, 1.82) is 0 Å². The maximum absolute atomic E-state index is 12.1. The Kier molecular flexibility index (Phi) is 26.2. The summed E-state index contributed by atoms with van der Waals surface area (Å²) in [7, 11) is -3.14. The first-order chi connectivity index (χ1) is 16.1. The van der Waals surface area contributed by atoms with Gasteiger partial charge in [-0.15, -0.1) is 0 Å². The molecule has 0 fully saturated rings. The second-order valence-corrected chi connectivity index (χ2v) is 11.2. The standard InChI is InChI=1S/C26H56N2O4S/c1-2-3-4-5-6-7-8-9-10-11-12-13-14-17-26-33(29,30)28-21-19-25-32-23-16-15-22-31-24-18-20-27/h28H,2-27H2,1H3. The Morgan fingerprint density at radius 1 is 0.576 bits per heavy atom. The summed E-state index contributed by atoms with van der Waals surface area (Å²) in [6, 6.07) is 0. The predicted octanol–water partition coefficient (Wildman–Crippen LogP) is 5.94. The van der Waals surface area contributed by atoms with Gasteiger partial charge in [-0.3, -0.25) is 0 Å². The second kappa shape index (κ2) is 26.4. The number of hydrogen-bond acceptors (Lipinski definition) is 5. The maximum Gasteiger partial charge on any atom is 0.211 e. The molecule has 0 bridgehead atoms. The van der Waals surface area contributed by atoms with Crippen LogP contribution in [-0.4, -0.2) is 53.7 Å². The summed E-state index contributed by atoms with van der Waals surface area (Å²) in [5, 5.41) is 0. The number of nitrogens with two attached hydrogens (primary N) is 1. The number of hydrogen-bond donors (Lipinski definition) is 2. The minimum Gasteiger partial charge on any atom is -0.381 e. The number of ether oxygens (including phenoxy) is 2. The molecule has 0 spiro atoms. The summed E-state index contributed by atoms with van der Waals surface area (Å²) in [6.07, 6.45) is 21.4. The fraction of sp³-hybridized carbons (Fsp3) is 1.00. The quantitative estimate of drug-likeness (QED) is 0.132. The molecular formula is C26H56N2O4S. The molecule has 0 atom stereocenters. The number of rotatable bonds is 28. The Bertz CT molecular complexity index is 475. The Balaban J connectivity index is 3.30. The zero-order valence-corrected chi connectivity index (χ0v) is 22.6. The van der Waals surface area contributed by atoms with Crippen molar-refractivity contribution in [3.63, 3.8) is 0 Å². The molecule has 0 amide bonds. The highest BCUT2D eigenvalue weighted by Gasteiger charge is 2.08. The molecule has 0 heterocycles. The van der Waals surface area contributed by atoms with Gasteiger partial charge in [0.2, 0.25) is 10.0 Å². The lowest BCUT2D eigenvalue weighted by atomic mass is 10.0. The first-order valence-corrected chi connectivity index (χ1v) is 15.6. The van der Waals surface area contributed by atoms with E-state index in [1.807, 2.05) is 0 Å². The molecule has 0 aliphatic rings. The normalized spacial score (nSPS) is 11.9. The van der Waals surface area contributed by atoms with Crippen LogP contribution >= 0.6 is 0 Å². The number of unbranched alkanes of at least 4 members (excludes halogenated alkanes) is 14. The van der Waals surface area contributed by atoms with Gasteiger partial charge in [0.05, 0.1) is 5.75 Å². The molecule has 0 aromatic carbocycles. The molecule has 0 radical (unpaired) electrons. The fourth-order valence-corrected chi connectivity index (χ4v) is 4.94. The van der Waals surface area contributed by atoms with Crippen LogP contribution in [0.15, 0.2) is 0 Å². The zero-order chi connectivity index (χ0) is 24.3. The maximum atomic E-state index is 12.1. The largest absolute Gasteiger partial charge is 0.381 e. The second-order valence-electron chi connectivity index (χ2n) is 9.24. The van der Waals surface area contributed by atoms with Gasteiger partial charge in [-0.1, -0.05) is 90.4 Å². The van der Waals surface area contributed by atoms with Gasteiger partial charge in [-0.05, 0) is 38.6 Å². The fourth-order valence-electron chi connectivity index (χ4n) is 3.76. The van der Waals surface area contributed by atoms with Crippen molar-refractivity contribution in [3.05, 3.63) is 0 Å². The van der Waals surface area contributed by atoms with E-state index in [9.17, 15) is 8.42 Å². The van der Waals surface area contributed by atoms with Crippen LogP contribution in [0.25, 0.3) is 0 Å².